The summed E-state index contributed by atoms with van der Waals surface area (Å²) in [5.74, 6) is 0. The minimum Gasteiger partial charge on any atom is -0.358 e. The van der Waals surface area contributed by atoms with Crippen molar-refractivity contribution in [1.29, 1.82) is 0 Å². The molecule has 196 valence electrons. The fourth-order valence-corrected chi connectivity index (χ4v) is 5.90. The monoisotopic (exact) mass is 660 g/mol. The van der Waals surface area contributed by atoms with Gasteiger partial charge in [-0.2, -0.15) is 33.9 Å². The van der Waals surface area contributed by atoms with Gasteiger partial charge in [0.1, 0.15) is 0 Å². The molecule has 0 aromatic heterocycles. The Balaban J connectivity index is 0.000000453. The molecule has 1 heteroatoms. The molecule has 0 unspecified atom stereocenters. The fourth-order valence-electron chi connectivity index (χ4n) is 5.90. The van der Waals surface area contributed by atoms with E-state index in [1.165, 1.54) is 75.4 Å². The van der Waals surface area contributed by atoms with Crippen LogP contribution in [-0.2, 0) is 51.5 Å². The second-order valence-electron chi connectivity index (χ2n) is 10.7. The van der Waals surface area contributed by atoms with Crippen LogP contribution in [0.3, 0.4) is 0 Å². The molecule has 0 bridgehead atoms. The van der Waals surface area contributed by atoms with E-state index >= 15 is 0 Å². The second-order valence-corrected chi connectivity index (χ2v) is 10.7. The molecule has 37 heavy (non-hydrogen) atoms. The molecule has 0 saturated carbocycles. The average Bonchev–Trinajstić information content (AvgIpc) is 3.49. The first-order valence-corrected chi connectivity index (χ1v) is 13.2. The molecule has 0 amide bonds. The maximum Gasteiger partial charge on any atom is 4.00 e. The largest absolute Gasteiger partial charge is 4.00 e. The standard InChI is InChI=1S/C24H27.C10H15.2CH3.Hf/c1-3-24(4-2)16-21-14-20-13-12-19(23(20)15-22(21)17-24)11-10-18-8-6-5-7-9-18;1-6-7(2)9(4)10(5)8(6)3;;;/h5-9,12-15H,3-4,10-11,16-17H2,1-2H3;1-5H3;2*1H3;/q4*-1;+4. The quantitative estimate of drug-likeness (QED) is 0.148. The van der Waals surface area contributed by atoms with Gasteiger partial charge in [-0.25, -0.2) is 0 Å². The Kier molecular flexibility index (Phi) is 12.5. The zero-order valence-electron chi connectivity index (χ0n) is 24.9. The van der Waals surface area contributed by atoms with Crippen molar-refractivity contribution in [3.63, 3.8) is 0 Å². The molecule has 4 aromatic rings. The number of fused-ring (bicyclic) bond motifs is 2. The third kappa shape index (κ3) is 6.83. The van der Waals surface area contributed by atoms with Crippen LogP contribution in [0.2, 0.25) is 0 Å². The van der Waals surface area contributed by atoms with Gasteiger partial charge in [0.15, 0.2) is 0 Å². The molecule has 1 aliphatic carbocycles. The third-order valence-electron chi connectivity index (χ3n) is 9.15. The number of hydrogen-bond donors (Lipinski definition) is 0. The molecule has 1 aliphatic rings. The molecule has 4 aromatic carbocycles. The van der Waals surface area contributed by atoms with Crippen LogP contribution in [0.1, 0.15) is 76.8 Å². The zero-order valence-corrected chi connectivity index (χ0v) is 28.5. The van der Waals surface area contributed by atoms with Crippen molar-refractivity contribution in [2.75, 3.05) is 0 Å². The van der Waals surface area contributed by atoms with E-state index in [0.717, 1.165) is 12.8 Å². The van der Waals surface area contributed by atoms with Crippen molar-refractivity contribution in [3.05, 3.63) is 120 Å². The molecule has 5 rings (SSSR count). The molecule has 0 nitrogen and oxygen atoms in total. The summed E-state index contributed by atoms with van der Waals surface area (Å²) in [6, 6.07) is 20.5. The van der Waals surface area contributed by atoms with Crippen LogP contribution in [0.25, 0.3) is 10.8 Å². The maximum absolute atomic E-state index is 2.51. The van der Waals surface area contributed by atoms with Gasteiger partial charge < -0.3 is 14.9 Å². The van der Waals surface area contributed by atoms with Gasteiger partial charge >= 0.3 is 25.8 Å². The summed E-state index contributed by atoms with van der Waals surface area (Å²) >= 11 is 0. The van der Waals surface area contributed by atoms with Crippen molar-refractivity contribution in [1.82, 2.24) is 0 Å². The van der Waals surface area contributed by atoms with Crippen molar-refractivity contribution in [2.45, 2.75) is 87.0 Å². The molecular formula is C36H48Hf. The van der Waals surface area contributed by atoms with Crippen LogP contribution in [-0.4, -0.2) is 0 Å². The number of aryl methyl sites for hydroxylation is 2. The summed E-state index contributed by atoms with van der Waals surface area (Å²) < 4.78 is 0. The summed E-state index contributed by atoms with van der Waals surface area (Å²) in [4.78, 5) is 0. The van der Waals surface area contributed by atoms with Crippen molar-refractivity contribution >= 4 is 10.8 Å². The van der Waals surface area contributed by atoms with E-state index in [0.29, 0.717) is 5.41 Å². The first-order valence-electron chi connectivity index (χ1n) is 13.2. The van der Waals surface area contributed by atoms with Gasteiger partial charge in [-0.15, -0.1) is 34.5 Å². The van der Waals surface area contributed by atoms with Crippen molar-refractivity contribution < 1.29 is 25.8 Å². The maximum atomic E-state index is 2.51. The second kappa shape index (κ2) is 13.9. The number of rotatable bonds is 5. The van der Waals surface area contributed by atoms with E-state index in [2.05, 4.69) is 103 Å². The fraction of sp³-hybridized carbons (Fsp3) is 0.389. The van der Waals surface area contributed by atoms with Gasteiger partial charge in [0.25, 0.3) is 0 Å². The first-order chi connectivity index (χ1) is 16.3. The molecule has 0 fully saturated rings. The van der Waals surface area contributed by atoms with Gasteiger partial charge in [-0.3, -0.25) is 0 Å². The first kappa shape index (κ1) is 33.3. The molecule has 0 N–H and O–H groups in total. The summed E-state index contributed by atoms with van der Waals surface area (Å²) in [5, 5.41) is 2.94. The van der Waals surface area contributed by atoms with E-state index < -0.39 is 0 Å². The summed E-state index contributed by atoms with van der Waals surface area (Å²) in [6.45, 7) is 15.7. The Hall–Kier alpha value is -1.73. The van der Waals surface area contributed by atoms with Crippen LogP contribution in [0.5, 0.6) is 0 Å². The minimum absolute atomic E-state index is 0. The molecule has 0 aliphatic heterocycles. The van der Waals surface area contributed by atoms with Gasteiger partial charge in [-0.1, -0.05) is 96.3 Å². The Morgan fingerprint density at radius 2 is 1.32 bits per heavy atom. The predicted molar refractivity (Wildman–Crippen MR) is 162 cm³/mol. The van der Waals surface area contributed by atoms with Gasteiger partial charge in [0.2, 0.25) is 0 Å². The Bertz CT molecular complexity index is 1180. The van der Waals surface area contributed by atoms with E-state index in [9.17, 15) is 0 Å². The van der Waals surface area contributed by atoms with Crippen LogP contribution in [0.15, 0.2) is 54.6 Å². The Morgan fingerprint density at radius 3 is 1.81 bits per heavy atom. The summed E-state index contributed by atoms with van der Waals surface area (Å²) in [5.41, 5.74) is 14.0. The summed E-state index contributed by atoms with van der Waals surface area (Å²) in [7, 11) is 0. The van der Waals surface area contributed by atoms with Crippen molar-refractivity contribution in [3.8, 4) is 0 Å². The molecule has 0 radical (unpaired) electrons. The summed E-state index contributed by atoms with van der Waals surface area (Å²) in [6.07, 6.45) is 7.40. The minimum atomic E-state index is 0. The van der Waals surface area contributed by atoms with Gasteiger partial charge in [0.05, 0.1) is 0 Å². The smallest absolute Gasteiger partial charge is 0.358 e. The van der Waals surface area contributed by atoms with E-state index in [-0.39, 0.29) is 40.7 Å². The average molecular weight is 659 g/mol. The van der Waals surface area contributed by atoms with Gasteiger partial charge in [0, 0.05) is 0 Å². The van der Waals surface area contributed by atoms with Crippen LogP contribution < -0.4 is 0 Å². The van der Waals surface area contributed by atoms with Crippen molar-refractivity contribution in [2.24, 2.45) is 5.41 Å². The molecule has 0 heterocycles. The molecule has 0 atom stereocenters. The predicted octanol–water partition coefficient (Wildman–Crippen LogP) is 10.1. The number of benzene rings is 2. The normalized spacial score (nSPS) is 13.1. The van der Waals surface area contributed by atoms with E-state index in [1.54, 1.807) is 11.1 Å². The zero-order chi connectivity index (χ0) is 24.5. The van der Waals surface area contributed by atoms with Gasteiger partial charge in [-0.05, 0) is 43.1 Å². The third-order valence-corrected chi connectivity index (χ3v) is 9.15. The van der Waals surface area contributed by atoms with Crippen LogP contribution in [0, 0.1) is 54.9 Å². The van der Waals surface area contributed by atoms with Crippen LogP contribution >= 0.6 is 0 Å². The van der Waals surface area contributed by atoms with Crippen LogP contribution in [0.4, 0.5) is 0 Å². The SMILES string of the molecule is CCC1(CC)Cc2cc3cc[c-](CCc4ccccc4)c3cc2C1.Cc1c(C)c(C)[c-](C)c1C.[CH3-].[CH3-].[Hf+4]. The van der Waals surface area contributed by atoms with E-state index in [1.807, 2.05) is 0 Å². The number of hydrogen-bond acceptors (Lipinski definition) is 0. The van der Waals surface area contributed by atoms with E-state index in [4.69, 9.17) is 0 Å². The topological polar surface area (TPSA) is 0 Å². The molecular weight excluding hydrogens is 611 g/mol. The Labute approximate surface area is 247 Å². The molecule has 0 spiro atoms. The molecule has 0 saturated heterocycles. The Morgan fingerprint density at radius 1 is 0.784 bits per heavy atom.